The molecule has 0 amide bonds. The van der Waals surface area contributed by atoms with E-state index in [1.807, 2.05) is 0 Å². The van der Waals surface area contributed by atoms with Crippen LogP contribution >= 0.6 is 12.6 Å². The molecule has 0 fully saturated rings. The summed E-state index contributed by atoms with van der Waals surface area (Å²) in [5.74, 6) is 0.892. The zero-order chi connectivity index (χ0) is 9.52. The maximum absolute atomic E-state index is 4.18. The molecule has 0 radical (unpaired) electrons. The molecule has 13 heavy (non-hydrogen) atoms. The first-order valence-electron chi connectivity index (χ1n) is 4.77. The second kappa shape index (κ2) is 6.06. The molecule has 0 bridgehead atoms. The third kappa shape index (κ3) is 3.41. The van der Waals surface area contributed by atoms with Crippen LogP contribution in [-0.4, -0.2) is 12.3 Å². The highest BCUT2D eigenvalue weighted by Crippen LogP contribution is 2.15. The highest BCUT2D eigenvalue weighted by atomic mass is 32.1. The third-order valence-electron chi connectivity index (χ3n) is 2.11. The zero-order valence-corrected chi connectivity index (χ0v) is 8.93. The van der Waals surface area contributed by atoms with E-state index in [1.165, 1.54) is 5.56 Å². The van der Waals surface area contributed by atoms with Crippen molar-refractivity contribution in [2.24, 2.45) is 0 Å². The molecule has 0 heterocycles. The monoisotopic (exact) mass is 195 g/mol. The van der Waals surface area contributed by atoms with E-state index in [4.69, 9.17) is 0 Å². The van der Waals surface area contributed by atoms with Crippen molar-refractivity contribution in [3.05, 3.63) is 35.9 Å². The van der Waals surface area contributed by atoms with Gasteiger partial charge in [0.05, 0.1) is 0 Å². The van der Waals surface area contributed by atoms with Gasteiger partial charge in [-0.15, -0.1) is 0 Å². The van der Waals surface area contributed by atoms with Crippen LogP contribution < -0.4 is 5.32 Å². The van der Waals surface area contributed by atoms with Crippen LogP contribution in [0.1, 0.15) is 24.9 Å². The lowest BCUT2D eigenvalue weighted by molar-refractivity contribution is 0.540. The highest BCUT2D eigenvalue weighted by molar-refractivity contribution is 7.80. The molecule has 0 aliphatic carbocycles. The molecule has 1 N–H and O–H groups in total. The Morgan fingerprint density at radius 3 is 2.54 bits per heavy atom. The maximum atomic E-state index is 4.18. The molecule has 72 valence electrons. The molecule has 2 heteroatoms. The SMILES string of the molecule is CCC(NCCS)c1ccccc1. The van der Waals surface area contributed by atoms with Gasteiger partial charge in [0.2, 0.25) is 0 Å². The summed E-state index contributed by atoms with van der Waals surface area (Å²) >= 11 is 4.18. The van der Waals surface area contributed by atoms with Crippen LogP contribution in [0.3, 0.4) is 0 Å². The Morgan fingerprint density at radius 2 is 2.00 bits per heavy atom. The van der Waals surface area contributed by atoms with E-state index >= 15 is 0 Å². The van der Waals surface area contributed by atoms with Gasteiger partial charge in [0.15, 0.2) is 0 Å². The van der Waals surface area contributed by atoms with Crippen LogP contribution in [0.15, 0.2) is 30.3 Å². The van der Waals surface area contributed by atoms with E-state index in [9.17, 15) is 0 Å². The van der Waals surface area contributed by atoms with Crippen LogP contribution in [0.2, 0.25) is 0 Å². The zero-order valence-electron chi connectivity index (χ0n) is 8.03. The van der Waals surface area contributed by atoms with E-state index in [1.54, 1.807) is 0 Å². The van der Waals surface area contributed by atoms with Crippen LogP contribution in [0.5, 0.6) is 0 Å². The van der Waals surface area contributed by atoms with Crippen molar-refractivity contribution < 1.29 is 0 Å². The summed E-state index contributed by atoms with van der Waals surface area (Å²) in [6.45, 7) is 3.17. The van der Waals surface area contributed by atoms with E-state index in [0.29, 0.717) is 6.04 Å². The first kappa shape index (κ1) is 10.6. The van der Waals surface area contributed by atoms with Gasteiger partial charge in [0.1, 0.15) is 0 Å². The molecule has 0 spiro atoms. The molecule has 1 aromatic carbocycles. The molecule has 1 rings (SSSR count). The van der Waals surface area contributed by atoms with Gasteiger partial charge in [0, 0.05) is 18.3 Å². The van der Waals surface area contributed by atoms with E-state index in [2.05, 4.69) is 55.2 Å². The van der Waals surface area contributed by atoms with Crippen LogP contribution in [0, 0.1) is 0 Å². The molecule has 1 aromatic rings. The molecule has 1 unspecified atom stereocenters. The van der Waals surface area contributed by atoms with Gasteiger partial charge < -0.3 is 5.32 Å². The van der Waals surface area contributed by atoms with Gasteiger partial charge in [-0.2, -0.15) is 12.6 Å². The second-order valence-corrected chi connectivity index (χ2v) is 3.50. The van der Waals surface area contributed by atoms with Gasteiger partial charge in [-0.25, -0.2) is 0 Å². The van der Waals surface area contributed by atoms with Crippen molar-refractivity contribution in [1.29, 1.82) is 0 Å². The lowest BCUT2D eigenvalue weighted by Gasteiger charge is -2.16. The Labute approximate surface area is 86.0 Å². The van der Waals surface area contributed by atoms with E-state index in [-0.39, 0.29) is 0 Å². The minimum atomic E-state index is 0.480. The molecule has 0 saturated heterocycles. The second-order valence-electron chi connectivity index (χ2n) is 3.05. The van der Waals surface area contributed by atoms with Gasteiger partial charge in [-0.3, -0.25) is 0 Å². The minimum absolute atomic E-state index is 0.480. The molecule has 0 saturated carbocycles. The van der Waals surface area contributed by atoms with Gasteiger partial charge in [-0.05, 0) is 12.0 Å². The van der Waals surface area contributed by atoms with E-state index < -0.39 is 0 Å². The minimum Gasteiger partial charge on any atom is -0.309 e. The lowest BCUT2D eigenvalue weighted by Crippen LogP contribution is -2.22. The Morgan fingerprint density at radius 1 is 1.31 bits per heavy atom. The predicted octanol–water partition coefficient (Wildman–Crippen LogP) is 2.66. The number of rotatable bonds is 5. The molecule has 0 aliphatic rings. The highest BCUT2D eigenvalue weighted by Gasteiger charge is 2.05. The number of hydrogen-bond acceptors (Lipinski definition) is 2. The molecule has 1 nitrogen and oxygen atoms in total. The molecule has 0 aromatic heterocycles. The number of hydrogen-bond donors (Lipinski definition) is 2. The van der Waals surface area contributed by atoms with Crippen molar-refractivity contribution in [3.8, 4) is 0 Å². The van der Waals surface area contributed by atoms with Crippen LogP contribution in [0.4, 0.5) is 0 Å². The van der Waals surface area contributed by atoms with Crippen molar-refractivity contribution in [3.63, 3.8) is 0 Å². The fraction of sp³-hybridized carbons (Fsp3) is 0.455. The van der Waals surface area contributed by atoms with Crippen molar-refractivity contribution >= 4 is 12.6 Å². The van der Waals surface area contributed by atoms with Gasteiger partial charge in [-0.1, -0.05) is 37.3 Å². The van der Waals surface area contributed by atoms with Crippen LogP contribution in [-0.2, 0) is 0 Å². The molecule has 1 atom stereocenters. The number of benzene rings is 1. The fourth-order valence-corrected chi connectivity index (χ4v) is 1.55. The Kier molecular flexibility index (Phi) is 4.94. The lowest BCUT2D eigenvalue weighted by atomic mass is 10.1. The fourth-order valence-electron chi connectivity index (χ4n) is 1.42. The standard InChI is InChI=1S/C11H17NS/c1-2-11(12-8-9-13)10-6-4-3-5-7-10/h3-7,11-13H,2,8-9H2,1H3. The predicted molar refractivity (Wildman–Crippen MR) is 61.3 cm³/mol. The Hall–Kier alpha value is -0.470. The summed E-state index contributed by atoms with van der Waals surface area (Å²) in [6.07, 6.45) is 1.12. The first-order valence-corrected chi connectivity index (χ1v) is 5.41. The quantitative estimate of drug-likeness (QED) is 0.688. The molecular formula is C11H17NS. The van der Waals surface area contributed by atoms with Gasteiger partial charge >= 0.3 is 0 Å². The van der Waals surface area contributed by atoms with Crippen molar-refractivity contribution in [2.45, 2.75) is 19.4 Å². The maximum Gasteiger partial charge on any atom is 0.0317 e. The molecule has 0 aliphatic heterocycles. The van der Waals surface area contributed by atoms with E-state index in [0.717, 1.165) is 18.7 Å². The Balaban J connectivity index is 2.56. The smallest absolute Gasteiger partial charge is 0.0317 e. The number of thiol groups is 1. The number of nitrogens with one attached hydrogen (secondary N) is 1. The summed E-state index contributed by atoms with van der Waals surface area (Å²) in [7, 11) is 0. The summed E-state index contributed by atoms with van der Waals surface area (Å²) < 4.78 is 0. The largest absolute Gasteiger partial charge is 0.309 e. The summed E-state index contributed by atoms with van der Waals surface area (Å²) in [5.41, 5.74) is 1.37. The average Bonchev–Trinajstić information content (AvgIpc) is 2.21. The Bertz CT molecular complexity index is 223. The van der Waals surface area contributed by atoms with Gasteiger partial charge in [0.25, 0.3) is 0 Å². The van der Waals surface area contributed by atoms with Crippen LogP contribution in [0.25, 0.3) is 0 Å². The van der Waals surface area contributed by atoms with Crippen molar-refractivity contribution in [1.82, 2.24) is 5.32 Å². The topological polar surface area (TPSA) is 12.0 Å². The summed E-state index contributed by atoms with van der Waals surface area (Å²) in [6, 6.07) is 11.0. The normalized spacial score (nSPS) is 12.8. The third-order valence-corrected chi connectivity index (χ3v) is 2.34. The summed E-state index contributed by atoms with van der Waals surface area (Å²) in [5, 5.41) is 3.46. The summed E-state index contributed by atoms with van der Waals surface area (Å²) in [4.78, 5) is 0. The molecular weight excluding hydrogens is 178 g/mol. The van der Waals surface area contributed by atoms with Crippen molar-refractivity contribution in [2.75, 3.05) is 12.3 Å². The average molecular weight is 195 g/mol. The first-order chi connectivity index (χ1) is 6.38.